The number of nitrogens with zero attached hydrogens (tertiary/aromatic N) is 3. The van der Waals surface area contributed by atoms with E-state index in [1.54, 1.807) is 30.0 Å². The van der Waals surface area contributed by atoms with Gasteiger partial charge >= 0.3 is 6.09 Å². The van der Waals surface area contributed by atoms with Crippen LogP contribution >= 0.6 is 35.0 Å². The van der Waals surface area contributed by atoms with Crippen LogP contribution in [0.25, 0.3) is 0 Å². The minimum Gasteiger partial charge on any atom is -0.465 e. The summed E-state index contributed by atoms with van der Waals surface area (Å²) in [6, 6.07) is 14.6. The molecule has 1 atom stereocenters. The SMILES string of the molecule is CSCCC1NC2(CCN(C(=O)O)CC2)N(Cc2ccccc2C#N)C1=O.NCc1ccc(Cl)c(Cl)c1. The van der Waals surface area contributed by atoms with E-state index in [2.05, 4.69) is 11.4 Å². The van der Waals surface area contributed by atoms with Crippen LogP contribution in [0.1, 0.15) is 36.0 Å². The fraction of sp³-hybridized carbons (Fsp3) is 0.423. The number of amides is 2. The number of piperidine rings is 1. The van der Waals surface area contributed by atoms with Crippen molar-refractivity contribution in [3.05, 3.63) is 69.2 Å². The quantitative estimate of drug-likeness (QED) is 0.471. The Kier molecular flexibility index (Phi) is 10.5. The van der Waals surface area contributed by atoms with E-state index >= 15 is 0 Å². The van der Waals surface area contributed by atoms with Crippen LogP contribution in [0.3, 0.4) is 0 Å². The lowest BCUT2D eigenvalue weighted by molar-refractivity contribution is -0.134. The number of rotatable bonds is 6. The molecule has 2 aromatic rings. The Morgan fingerprint density at radius 1 is 1.24 bits per heavy atom. The number of hydrogen-bond acceptors (Lipinski definition) is 6. The molecule has 0 bridgehead atoms. The van der Waals surface area contributed by atoms with E-state index in [-0.39, 0.29) is 11.9 Å². The first-order valence-electron chi connectivity index (χ1n) is 11.9. The summed E-state index contributed by atoms with van der Waals surface area (Å²) in [4.78, 5) is 27.7. The molecule has 2 saturated heterocycles. The Bertz CT molecular complexity index is 1150. The number of nitrogens with two attached hydrogens (primary N) is 1. The predicted octanol–water partition coefficient (Wildman–Crippen LogP) is 4.53. The summed E-state index contributed by atoms with van der Waals surface area (Å²) in [6.07, 6.45) is 2.93. The summed E-state index contributed by atoms with van der Waals surface area (Å²) in [7, 11) is 0. The van der Waals surface area contributed by atoms with Gasteiger partial charge in [0.1, 0.15) is 0 Å². The second kappa shape index (κ2) is 13.4. The van der Waals surface area contributed by atoms with E-state index in [0.29, 0.717) is 54.6 Å². The normalized spacial score (nSPS) is 18.4. The van der Waals surface area contributed by atoms with Crippen LogP contribution in [0, 0.1) is 11.3 Å². The van der Waals surface area contributed by atoms with Crippen molar-refractivity contribution < 1.29 is 14.7 Å². The highest BCUT2D eigenvalue weighted by molar-refractivity contribution is 7.98. The lowest BCUT2D eigenvalue weighted by Gasteiger charge is -2.44. The number of carbonyl (C=O) groups excluding carboxylic acids is 1. The lowest BCUT2D eigenvalue weighted by atomic mass is 9.95. The minimum atomic E-state index is -0.922. The van der Waals surface area contributed by atoms with Gasteiger partial charge in [0.15, 0.2) is 0 Å². The van der Waals surface area contributed by atoms with E-state index in [4.69, 9.17) is 28.9 Å². The Labute approximate surface area is 231 Å². The molecule has 0 radical (unpaired) electrons. The highest BCUT2D eigenvalue weighted by Gasteiger charge is 2.51. The summed E-state index contributed by atoms with van der Waals surface area (Å²) in [6.45, 7) is 1.64. The van der Waals surface area contributed by atoms with E-state index in [9.17, 15) is 20.0 Å². The van der Waals surface area contributed by atoms with Gasteiger partial charge in [0.05, 0.1) is 33.4 Å². The maximum Gasteiger partial charge on any atom is 0.407 e. The zero-order valence-corrected chi connectivity index (χ0v) is 23.0. The summed E-state index contributed by atoms with van der Waals surface area (Å²) in [5, 5.41) is 23.3. The molecule has 2 aromatic carbocycles. The van der Waals surface area contributed by atoms with Crippen LogP contribution < -0.4 is 11.1 Å². The molecule has 2 aliphatic rings. The molecule has 2 fully saturated rings. The van der Waals surface area contributed by atoms with Crippen LogP contribution in [0.2, 0.25) is 10.0 Å². The van der Waals surface area contributed by atoms with Gasteiger partial charge in [-0.3, -0.25) is 10.1 Å². The molecular formula is C26H31Cl2N5O3S. The second-order valence-electron chi connectivity index (χ2n) is 8.93. The summed E-state index contributed by atoms with van der Waals surface area (Å²) in [5.41, 5.74) is 7.20. The van der Waals surface area contributed by atoms with E-state index in [1.165, 1.54) is 4.90 Å². The third-order valence-corrected chi connectivity index (χ3v) is 8.06. The predicted molar refractivity (Wildman–Crippen MR) is 148 cm³/mol. The van der Waals surface area contributed by atoms with Gasteiger partial charge in [0.25, 0.3) is 0 Å². The Morgan fingerprint density at radius 3 is 2.54 bits per heavy atom. The number of nitriles is 1. The van der Waals surface area contributed by atoms with Crippen molar-refractivity contribution in [3.8, 4) is 6.07 Å². The van der Waals surface area contributed by atoms with E-state index in [1.807, 2.05) is 35.4 Å². The molecule has 2 aliphatic heterocycles. The zero-order valence-electron chi connectivity index (χ0n) is 20.6. The summed E-state index contributed by atoms with van der Waals surface area (Å²) in [5.74, 6) is 0.921. The molecule has 2 heterocycles. The van der Waals surface area contributed by atoms with Gasteiger partial charge < -0.3 is 20.6 Å². The second-order valence-corrected chi connectivity index (χ2v) is 10.7. The molecular weight excluding hydrogens is 533 g/mol. The molecule has 11 heteroatoms. The van der Waals surface area contributed by atoms with Crippen molar-refractivity contribution in [2.45, 2.75) is 44.1 Å². The molecule has 0 aromatic heterocycles. The molecule has 1 unspecified atom stereocenters. The number of thioether (sulfide) groups is 1. The standard InChI is InChI=1S/C19H24N4O3S.C7H7Cl2N/c1-27-11-6-16-17(24)23(13-15-5-3-2-4-14(15)12-20)19(21-16)7-9-22(10-8-19)18(25)26;8-6-2-1-5(4-10)3-7(6)9/h2-5,16,21H,6-11,13H2,1H3,(H,25,26);1-3H,4,10H2. The van der Waals surface area contributed by atoms with Gasteiger partial charge in [-0.25, -0.2) is 4.79 Å². The number of carbonyl (C=O) groups is 2. The highest BCUT2D eigenvalue weighted by Crippen LogP contribution is 2.35. The first-order chi connectivity index (χ1) is 17.7. The van der Waals surface area contributed by atoms with Crippen LogP contribution in [-0.4, -0.2) is 63.7 Å². The Balaban J connectivity index is 0.000000319. The molecule has 4 N–H and O–H groups in total. The number of halogens is 2. The van der Waals surface area contributed by atoms with Crippen LogP contribution in [0.5, 0.6) is 0 Å². The molecule has 1 spiro atoms. The summed E-state index contributed by atoms with van der Waals surface area (Å²) >= 11 is 13.1. The zero-order chi connectivity index (χ0) is 27.0. The minimum absolute atomic E-state index is 0.0422. The van der Waals surface area contributed by atoms with Crippen LogP contribution in [0.4, 0.5) is 4.79 Å². The van der Waals surface area contributed by atoms with Crippen molar-refractivity contribution in [2.24, 2.45) is 5.73 Å². The van der Waals surface area contributed by atoms with Gasteiger partial charge in [-0.1, -0.05) is 47.5 Å². The van der Waals surface area contributed by atoms with Crippen molar-refractivity contribution >= 4 is 47.0 Å². The number of benzene rings is 2. The van der Waals surface area contributed by atoms with Crippen molar-refractivity contribution in [1.82, 2.24) is 15.1 Å². The van der Waals surface area contributed by atoms with Crippen LogP contribution in [-0.2, 0) is 17.9 Å². The molecule has 37 heavy (non-hydrogen) atoms. The molecule has 2 amide bonds. The van der Waals surface area contributed by atoms with E-state index in [0.717, 1.165) is 23.3 Å². The van der Waals surface area contributed by atoms with Gasteiger partial charge in [-0.05, 0) is 47.8 Å². The molecule has 4 rings (SSSR count). The van der Waals surface area contributed by atoms with Crippen molar-refractivity contribution in [2.75, 3.05) is 25.1 Å². The van der Waals surface area contributed by atoms with E-state index < -0.39 is 11.8 Å². The maximum atomic E-state index is 13.1. The number of nitrogens with one attached hydrogen (secondary N) is 1. The lowest BCUT2D eigenvalue weighted by Crippen LogP contribution is -2.59. The van der Waals surface area contributed by atoms with Gasteiger partial charge in [-0.15, -0.1) is 0 Å². The maximum absolute atomic E-state index is 13.1. The third-order valence-electron chi connectivity index (χ3n) is 6.68. The molecule has 0 aliphatic carbocycles. The molecule has 8 nitrogen and oxygen atoms in total. The fourth-order valence-corrected chi connectivity index (χ4v) is 5.40. The average molecular weight is 565 g/mol. The third kappa shape index (κ3) is 7.09. The average Bonchev–Trinajstić information content (AvgIpc) is 3.15. The van der Waals surface area contributed by atoms with Crippen LogP contribution in [0.15, 0.2) is 42.5 Å². The highest BCUT2D eigenvalue weighted by atomic mass is 35.5. The fourth-order valence-electron chi connectivity index (χ4n) is 4.61. The first kappa shape index (κ1) is 29.1. The topological polar surface area (TPSA) is 123 Å². The molecule has 0 saturated carbocycles. The molecule has 198 valence electrons. The Hall–Kier alpha value is -2.48. The van der Waals surface area contributed by atoms with Crippen molar-refractivity contribution in [1.29, 1.82) is 5.26 Å². The Morgan fingerprint density at radius 2 is 1.95 bits per heavy atom. The summed E-state index contributed by atoms with van der Waals surface area (Å²) < 4.78 is 0. The van der Waals surface area contributed by atoms with Gasteiger partial charge in [-0.2, -0.15) is 17.0 Å². The largest absolute Gasteiger partial charge is 0.465 e. The monoisotopic (exact) mass is 563 g/mol. The first-order valence-corrected chi connectivity index (χ1v) is 14.1. The number of likely N-dealkylation sites (tertiary alicyclic amines) is 1. The number of carboxylic acid groups (broad SMARTS) is 1. The smallest absolute Gasteiger partial charge is 0.407 e. The number of hydrogen-bond donors (Lipinski definition) is 3. The van der Waals surface area contributed by atoms with Gasteiger partial charge in [0, 0.05) is 39.0 Å². The van der Waals surface area contributed by atoms with Crippen molar-refractivity contribution in [3.63, 3.8) is 0 Å². The van der Waals surface area contributed by atoms with Gasteiger partial charge in [0.2, 0.25) is 5.91 Å².